The van der Waals surface area contributed by atoms with Gasteiger partial charge in [0.25, 0.3) is 0 Å². The second-order valence-corrected chi connectivity index (χ2v) is 8.27. The smallest absolute Gasteiger partial charge is 0.322 e. The summed E-state index contributed by atoms with van der Waals surface area (Å²) in [5, 5.41) is 5.53. The molecule has 0 saturated heterocycles. The van der Waals surface area contributed by atoms with Gasteiger partial charge in [-0.1, -0.05) is 41.9 Å². The lowest BCUT2D eigenvalue weighted by molar-refractivity contribution is -0.137. The highest BCUT2D eigenvalue weighted by molar-refractivity contribution is 6.30. The number of hydrogen-bond donors (Lipinski definition) is 2. The summed E-state index contributed by atoms with van der Waals surface area (Å²) in [5.74, 6) is -0.973. The first-order valence-electron chi connectivity index (χ1n) is 10.6. The number of urea groups is 1. The molecule has 2 aromatic heterocycles. The van der Waals surface area contributed by atoms with Crippen molar-refractivity contribution in [3.63, 3.8) is 0 Å². The van der Waals surface area contributed by atoms with Crippen molar-refractivity contribution in [3.8, 4) is 0 Å². The highest BCUT2D eigenvalue weighted by Gasteiger charge is 2.41. The van der Waals surface area contributed by atoms with E-state index in [2.05, 4.69) is 25.6 Å². The molecule has 2 aromatic carbocycles. The molecule has 0 spiro atoms. The Morgan fingerprint density at radius 1 is 0.944 bits per heavy atom. The van der Waals surface area contributed by atoms with Crippen LogP contribution in [0.5, 0.6) is 0 Å². The average Bonchev–Trinajstić information content (AvgIpc) is 2.84. The monoisotopic (exact) mass is 515 g/mol. The number of anilines is 1. The summed E-state index contributed by atoms with van der Waals surface area (Å²) < 4.78 is 55.6. The molecule has 0 unspecified atom stereocenters. The molecule has 2 heterocycles. The first-order chi connectivity index (χ1) is 17.2. The summed E-state index contributed by atoms with van der Waals surface area (Å²) in [5.41, 5.74) is -2.31. The van der Waals surface area contributed by atoms with Gasteiger partial charge in [-0.25, -0.2) is 19.2 Å². The van der Waals surface area contributed by atoms with E-state index in [9.17, 15) is 22.4 Å². The summed E-state index contributed by atoms with van der Waals surface area (Å²) in [6, 6.07) is 14.4. The van der Waals surface area contributed by atoms with Crippen molar-refractivity contribution in [2.75, 3.05) is 5.32 Å². The normalized spacial score (nSPS) is 13.0. The zero-order chi connectivity index (χ0) is 25.8. The summed E-state index contributed by atoms with van der Waals surface area (Å²) in [4.78, 5) is 25.1. The van der Waals surface area contributed by atoms with Crippen LogP contribution in [0.3, 0.4) is 0 Å². The van der Waals surface area contributed by atoms with Gasteiger partial charge in [0.1, 0.15) is 23.5 Å². The molecule has 11 heteroatoms. The van der Waals surface area contributed by atoms with Crippen LogP contribution < -0.4 is 10.6 Å². The van der Waals surface area contributed by atoms with Gasteiger partial charge in [0.05, 0.1) is 16.3 Å². The van der Waals surface area contributed by atoms with Crippen molar-refractivity contribution in [3.05, 3.63) is 119 Å². The maximum absolute atomic E-state index is 14.6. The molecular formula is C25H18ClF4N5O. The van der Waals surface area contributed by atoms with Crippen molar-refractivity contribution in [1.29, 1.82) is 0 Å². The lowest BCUT2D eigenvalue weighted by atomic mass is 9.80. The van der Waals surface area contributed by atoms with Crippen LogP contribution >= 0.6 is 11.6 Å². The number of nitrogens with zero attached hydrogens (tertiary/aromatic N) is 3. The fourth-order valence-electron chi connectivity index (χ4n) is 3.76. The van der Waals surface area contributed by atoms with Crippen LogP contribution in [-0.2, 0) is 18.1 Å². The molecule has 4 rings (SSSR count). The number of alkyl halides is 3. The molecule has 2 amide bonds. The summed E-state index contributed by atoms with van der Waals surface area (Å²) in [6.45, 7) is 0. The van der Waals surface area contributed by atoms with E-state index in [1.165, 1.54) is 36.9 Å². The largest absolute Gasteiger partial charge is 0.416 e. The molecule has 1 atom stereocenters. The molecule has 6 nitrogen and oxygen atoms in total. The Morgan fingerprint density at radius 2 is 1.69 bits per heavy atom. The van der Waals surface area contributed by atoms with Gasteiger partial charge in [0.15, 0.2) is 0 Å². The lowest BCUT2D eigenvalue weighted by Gasteiger charge is -2.35. The number of nitrogens with one attached hydrogen (secondary N) is 2. The van der Waals surface area contributed by atoms with E-state index in [0.29, 0.717) is 11.6 Å². The third-order valence-corrected chi connectivity index (χ3v) is 5.57. The number of hydrogen-bond acceptors (Lipinski definition) is 4. The van der Waals surface area contributed by atoms with Gasteiger partial charge in [0, 0.05) is 18.8 Å². The Labute approximate surface area is 208 Å². The third-order valence-electron chi connectivity index (χ3n) is 5.35. The Hall–Kier alpha value is -4.05. The quantitative estimate of drug-likeness (QED) is 0.309. The van der Waals surface area contributed by atoms with E-state index in [1.807, 2.05) is 0 Å². The fourth-order valence-corrected chi connectivity index (χ4v) is 3.87. The molecule has 0 aliphatic carbocycles. The van der Waals surface area contributed by atoms with Gasteiger partial charge in [0.2, 0.25) is 0 Å². The molecule has 2 N–H and O–H groups in total. The zero-order valence-electron chi connectivity index (χ0n) is 18.4. The molecule has 184 valence electrons. The van der Waals surface area contributed by atoms with Crippen molar-refractivity contribution >= 4 is 23.4 Å². The number of halogens is 5. The van der Waals surface area contributed by atoms with E-state index < -0.39 is 29.1 Å². The van der Waals surface area contributed by atoms with Crippen LogP contribution in [0.15, 0.2) is 85.5 Å². The first kappa shape index (κ1) is 25.1. The Balaban J connectivity index is 1.91. The summed E-state index contributed by atoms with van der Waals surface area (Å²) in [6.07, 6.45) is -0.963. The fraction of sp³-hybridized carbons (Fsp3) is 0.120. The lowest BCUT2D eigenvalue weighted by Crippen LogP contribution is -2.51. The Morgan fingerprint density at radius 3 is 2.33 bits per heavy atom. The Bertz CT molecular complexity index is 1340. The topological polar surface area (TPSA) is 79.8 Å². The van der Waals surface area contributed by atoms with E-state index >= 15 is 0 Å². The van der Waals surface area contributed by atoms with Crippen LogP contribution in [0.25, 0.3) is 0 Å². The number of carbonyl (C=O) groups is 1. The van der Waals surface area contributed by atoms with Gasteiger partial charge >= 0.3 is 12.2 Å². The molecule has 0 radical (unpaired) electrons. The van der Waals surface area contributed by atoms with E-state index in [-0.39, 0.29) is 28.5 Å². The van der Waals surface area contributed by atoms with E-state index in [4.69, 9.17) is 11.6 Å². The minimum absolute atomic E-state index is 0.0551. The molecule has 0 aliphatic heterocycles. The van der Waals surface area contributed by atoms with Crippen LogP contribution in [0, 0.1) is 5.82 Å². The van der Waals surface area contributed by atoms with Crippen molar-refractivity contribution < 1.29 is 22.4 Å². The van der Waals surface area contributed by atoms with Crippen molar-refractivity contribution in [2.45, 2.75) is 18.1 Å². The average molecular weight is 516 g/mol. The maximum Gasteiger partial charge on any atom is 0.416 e. The number of carbonyl (C=O) groups excluding carboxylic acids is 1. The number of pyridine rings is 1. The zero-order valence-corrected chi connectivity index (χ0v) is 19.2. The van der Waals surface area contributed by atoms with Gasteiger partial charge < -0.3 is 5.32 Å². The second kappa shape index (κ2) is 10.3. The van der Waals surface area contributed by atoms with Gasteiger partial charge in [-0.15, -0.1) is 0 Å². The first-order valence-corrected chi connectivity index (χ1v) is 10.9. The molecule has 36 heavy (non-hydrogen) atoms. The van der Waals surface area contributed by atoms with Crippen LogP contribution in [0.1, 0.15) is 22.4 Å². The number of benzene rings is 2. The second-order valence-electron chi connectivity index (χ2n) is 7.83. The molecule has 0 saturated carbocycles. The van der Waals surface area contributed by atoms with Gasteiger partial charge in [-0.2, -0.15) is 13.2 Å². The van der Waals surface area contributed by atoms with Crippen LogP contribution in [0.4, 0.5) is 28.2 Å². The molecule has 0 aliphatic rings. The Kier molecular flexibility index (Phi) is 7.16. The molecule has 0 fully saturated rings. The SMILES string of the molecule is O=C(Nc1ccncn1)N[C@](Cc1ccccc1)(c1cc(F)cc(C(F)(F)F)c1)c1ccc(Cl)cn1. The standard InChI is InChI=1S/C25H18ClF4N5O/c26-19-6-7-21(32-14-19)24(13-16-4-2-1-3-5-16,35-23(36)34-22-8-9-31-15-33-22)17-10-18(25(28,29)30)12-20(27)11-17/h1-12,14-15H,13H2,(H2,31,33,34,35,36)/t24-/m1/s1. The van der Waals surface area contributed by atoms with E-state index in [0.717, 1.165) is 12.1 Å². The van der Waals surface area contributed by atoms with Gasteiger partial charge in [-0.05, 0) is 47.5 Å². The highest BCUT2D eigenvalue weighted by atomic mass is 35.5. The highest BCUT2D eigenvalue weighted by Crippen LogP contribution is 2.38. The predicted octanol–water partition coefficient (Wildman–Crippen LogP) is 5.99. The molecule has 4 aromatic rings. The minimum atomic E-state index is -4.83. The van der Waals surface area contributed by atoms with E-state index in [1.54, 1.807) is 30.3 Å². The molecule has 0 bridgehead atoms. The van der Waals surface area contributed by atoms with Crippen molar-refractivity contribution in [2.24, 2.45) is 0 Å². The summed E-state index contributed by atoms with van der Waals surface area (Å²) in [7, 11) is 0. The predicted molar refractivity (Wildman–Crippen MR) is 126 cm³/mol. The minimum Gasteiger partial charge on any atom is -0.322 e. The van der Waals surface area contributed by atoms with Crippen LogP contribution in [-0.4, -0.2) is 21.0 Å². The van der Waals surface area contributed by atoms with Gasteiger partial charge in [-0.3, -0.25) is 10.3 Å². The van der Waals surface area contributed by atoms with Crippen molar-refractivity contribution in [1.82, 2.24) is 20.3 Å². The van der Waals surface area contributed by atoms with Crippen LogP contribution in [0.2, 0.25) is 5.02 Å². The number of amides is 2. The number of aromatic nitrogens is 3. The third kappa shape index (κ3) is 5.77. The molecular weight excluding hydrogens is 498 g/mol. The maximum atomic E-state index is 14.6. The number of rotatable bonds is 6. The summed E-state index contributed by atoms with van der Waals surface area (Å²) >= 11 is 6.01.